The van der Waals surface area contributed by atoms with Crippen LogP contribution in [0, 0.1) is 13.8 Å². The molecule has 0 fully saturated rings. The number of carbonyl (C=O) groups is 1. The molecule has 0 spiro atoms. The van der Waals surface area contributed by atoms with Crippen LogP contribution < -0.4 is 5.56 Å². The highest BCUT2D eigenvalue weighted by Gasteiger charge is 2.23. The van der Waals surface area contributed by atoms with Gasteiger partial charge in [0, 0.05) is 11.1 Å². The Labute approximate surface area is 149 Å². The van der Waals surface area contributed by atoms with Crippen molar-refractivity contribution in [2.75, 3.05) is 6.61 Å². The third-order valence-corrected chi connectivity index (χ3v) is 4.26. The molecular weight excluding hydrogens is 340 g/mol. The molecule has 0 saturated carbocycles. The largest absolute Gasteiger partial charge is 0.462 e. The maximum absolute atomic E-state index is 13.1. The van der Waals surface area contributed by atoms with Crippen LogP contribution in [-0.4, -0.2) is 22.1 Å². The van der Waals surface area contributed by atoms with Crippen molar-refractivity contribution < 1.29 is 9.53 Å². The molecule has 0 unspecified atom stereocenters. The van der Waals surface area contributed by atoms with E-state index >= 15 is 0 Å². The van der Waals surface area contributed by atoms with Crippen molar-refractivity contribution in [2.24, 2.45) is 0 Å². The molecule has 2 aromatic heterocycles. The van der Waals surface area contributed by atoms with Gasteiger partial charge >= 0.3 is 5.97 Å². The number of pyridine rings is 2. The van der Waals surface area contributed by atoms with Crippen molar-refractivity contribution in [1.82, 2.24) is 9.55 Å². The van der Waals surface area contributed by atoms with Crippen LogP contribution in [0.25, 0.3) is 16.7 Å². The van der Waals surface area contributed by atoms with Gasteiger partial charge in [0.1, 0.15) is 11.2 Å². The van der Waals surface area contributed by atoms with Crippen LogP contribution in [0.1, 0.15) is 28.5 Å². The minimum atomic E-state index is -0.735. The van der Waals surface area contributed by atoms with Gasteiger partial charge in [0.05, 0.1) is 17.3 Å². The summed E-state index contributed by atoms with van der Waals surface area (Å²) in [5.74, 6) is -0.735. The zero-order valence-electron chi connectivity index (χ0n) is 14.2. The minimum absolute atomic E-state index is 0.0642. The zero-order chi connectivity index (χ0) is 18.1. The van der Waals surface area contributed by atoms with E-state index in [1.165, 1.54) is 4.57 Å². The number of esters is 1. The molecule has 6 heteroatoms. The number of benzene rings is 1. The Balaban J connectivity index is 2.44. The van der Waals surface area contributed by atoms with Crippen LogP contribution in [0.5, 0.6) is 0 Å². The van der Waals surface area contributed by atoms with Crippen LogP contribution in [-0.2, 0) is 4.74 Å². The second kappa shape index (κ2) is 6.69. The molecule has 0 amide bonds. The molecule has 0 aliphatic carbocycles. The Morgan fingerprint density at radius 2 is 1.84 bits per heavy atom. The molecule has 0 N–H and O–H groups in total. The summed E-state index contributed by atoms with van der Waals surface area (Å²) in [6, 6.07) is 10.9. The molecule has 3 aromatic rings. The number of hydrogen-bond acceptors (Lipinski definition) is 4. The summed E-state index contributed by atoms with van der Waals surface area (Å²) in [6.07, 6.45) is 0. The van der Waals surface area contributed by atoms with Crippen molar-refractivity contribution in [3.8, 4) is 5.69 Å². The molecule has 1 aromatic carbocycles. The number of hydrogen-bond donors (Lipinski definition) is 0. The number of aryl methyl sites for hydroxylation is 2. The van der Waals surface area contributed by atoms with Crippen molar-refractivity contribution in [1.29, 1.82) is 0 Å². The summed E-state index contributed by atoms with van der Waals surface area (Å²) >= 11 is 6.36. The SMILES string of the molecule is CCOC(=O)c1c(Cl)c2ccc(C)nc2n(-c2ccc(C)cc2)c1=O. The summed E-state index contributed by atoms with van der Waals surface area (Å²) < 4.78 is 6.42. The molecule has 2 heterocycles. The van der Waals surface area contributed by atoms with Gasteiger partial charge in [-0.25, -0.2) is 9.78 Å². The van der Waals surface area contributed by atoms with Gasteiger partial charge in [-0.15, -0.1) is 0 Å². The van der Waals surface area contributed by atoms with E-state index in [1.807, 2.05) is 38.1 Å². The van der Waals surface area contributed by atoms with E-state index in [-0.39, 0.29) is 17.2 Å². The molecule has 0 aliphatic rings. The second-order valence-electron chi connectivity index (χ2n) is 5.71. The van der Waals surface area contributed by atoms with E-state index in [2.05, 4.69) is 4.98 Å². The topological polar surface area (TPSA) is 61.2 Å². The first kappa shape index (κ1) is 17.2. The monoisotopic (exact) mass is 356 g/mol. The molecular formula is C19H17ClN2O3. The molecule has 3 rings (SSSR count). The Bertz CT molecular complexity index is 1020. The third-order valence-electron chi connectivity index (χ3n) is 3.87. The molecule has 0 radical (unpaired) electrons. The van der Waals surface area contributed by atoms with Gasteiger partial charge in [0.2, 0.25) is 0 Å². The first-order valence-electron chi connectivity index (χ1n) is 7.90. The Kier molecular flexibility index (Phi) is 4.59. The number of halogens is 1. The van der Waals surface area contributed by atoms with E-state index in [4.69, 9.17) is 16.3 Å². The highest BCUT2D eigenvalue weighted by Crippen LogP contribution is 2.26. The van der Waals surface area contributed by atoms with Gasteiger partial charge in [0.15, 0.2) is 0 Å². The average Bonchev–Trinajstić information content (AvgIpc) is 2.56. The van der Waals surface area contributed by atoms with Crippen molar-refractivity contribution in [2.45, 2.75) is 20.8 Å². The fourth-order valence-corrected chi connectivity index (χ4v) is 2.94. The first-order valence-corrected chi connectivity index (χ1v) is 8.28. The number of carbonyl (C=O) groups excluding carboxylic acids is 1. The second-order valence-corrected chi connectivity index (χ2v) is 6.09. The van der Waals surface area contributed by atoms with Gasteiger partial charge in [0.25, 0.3) is 5.56 Å². The summed E-state index contributed by atoms with van der Waals surface area (Å²) in [7, 11) is 0. The number of ether oxygens (including phenoxy) is 1. The summed E-state index contributed by atoms with van der Waals surface area (Å²) in [5, 5.41) is 0.588. The van der Waals surface area contributed by atoms with E-state index in [0.717, 1.165) is 11.3 Å². The fourth-order valence-electron chi connectivity index (χ4n) is 2.63. The first-order chi connectivity index (χ1) is 11.9. The lowest BCUT2D eigenvalue weighted by molar-refractivity contribution is 0.0524. The number of aromatic nitrogens is 2. The quantitative estimate of drug-likeness (QED) is 0.669. The normalized spacial score (nSPS) is 10.9. The number of nitrogens with zero attached hydrogens (tertiary/aromatic N) is 2. The molecule has 0 atom stereocenters. The van der Waals surface area contributed by atoms with Crippen LogP contribution in [0.3, 0.4) is 0 Å². The smallest absolute Gasteiger partial charge is 0.345 e. The van der Waals surface area contributed by atoms with Gasteiger partial charge in [-0.05, 0) is 45.0 Å². The highest BCUT2D eigenvalue weighted by atomic mass is 35.5. The van der Waals surface area contributed by atoms with E-state index in [0.29, 0.717) is 16.7 Å². The minimum Gasteiger partial charge on any atom is -0.462 e. The lowest BCUT2D eigenvalue weighted by Gasteiger charge is -2.14. The molecule has 0 bridgehead atoms. The Morgan fingerprint density at radius 3 is 2.48 bits per heavy atom. The van der Waals surface area contributed by atoms with Gasteiger partial charge in [-0.2, -0.15) is 0 Å². The van der Waals surface area contributed by atoms with Crippen LogP contribution >= 0.6 is 11.6 Å². The summed E-state index contributed by atoms with van der Waals surface area (Å²) in [6.45, 7) is 5.62. The average molecular weight is 357 g/mol. The lowest BCUT2D eigenvalue weighted by Crippen LogP contribution is -2.28. The predicted molar refractivity (Wildman–Crippen MR) is 97.8 cm³/mol. The lowest BCUT2D eigenvalue weighted by atomic mass is 10.1. The van der Waals surface area contributed by atoms with Crippen molar-refractivity contribution in [3.05, 3.63) is 68.6 Å². The molecule has 0 aliphatic heterocycles. The Hall–Kier alpha value is -2.66. The highest BCUT2D eigenvalue weighted by molar-refractivity contribution is 6.38. The molecule has 5 nitrogen and oxygen atoms in total. The van der Waals surface area contributed by atoms with Crippen molar-refractivity contribution >= 4 is 28.6 Å². The fraction of sp³-hybridized carbons (Fsp3) is 0.211. The molecule has 25 heavy (non-hydrogen) atoms. The third kappa shape index (κ3) is 3.03. The van der Waals surface area contributed by atoms with E-state index in [9.17, 15) is 9.59 Å². The van der Waals surface area contributed by atoms with Crippen LogP contribution in [0.4, 0.5) is 0 Å². The maximum Gasteiger partial charge on any atom is 0.345 e. The van der Waals surface area contributed by atoms with Crippen LogP contribution in [0.2, 0.25) is 5.02 Å². The standard InChI is InChI=1S/C19H17ClN2O3/c1-4-25-19(24)15-16(20)14-10-7-12(3)21-17(14)22(18(15)23)13-8-5-11(2)6-9-13/h5-10H,4H2,1-3H3. The van der Waals surface area contributed by atoms with E-state index < -0.39 is 11.5 Å². The zero-order valence-corrected chi connectivity index (χ0v) is 14.9. The Morgan fingerprint density at radius 1 is 1.16 bits per heavy atom. The predicted octanol–water partition coefficient (Wildman–Crippen LogP) is 3.83. The summed E-state index contributed by atoms with van der Waals surface area (Å²) in [5.41, 5.74) is 2.10. The van der Waals surface area contributed by atoms with Gasteiger partial charge in [-0.3, -0.25) is 9.36 Å². The summed E-state index contributed by atoms with van der Waals surface area (Å²) in [4.78, 5) is 29.8. The van der Waals surface area contributed by atoms with Gasteiger partial charge in [-0.1, -0.05) is 29.3 Å². The van der Waals surface area contributed by atoms with Crippen molar-refractivity contribution in [3.63, 3.8) is 0 Å². The maximum atomic E-state index is 13.1. The van der Waals surface area contributed by atoms with Crippen LogP contribution in [0.15, 0.2) is 41.2 Å². The van der Waals surface area contributed by atoms with Gasteiger partial charge < -0.3 is 4.74 Å². The number of rotatable bonds is 3. The number of fused-ring (bicyclic) bond motifs is 1. The molecule has 0 saturated heterocycles. The van der Waals surface area contributed by atoms with E-state index in [1.54, 1.807) is 19.1 Å². The molecule has 128 valence electrons.